The summed E-state index contributed by atoms with van der Waals surface area (Å²) in [4.78, 5) is 28.8. The van der Waals surface area contributed by atoms with Crippen molar-refractivity contribution in [3.05, 3.63) is 48.1 Å². The van der Waals surface area contributed by atoms with Gasteiger partial charge in [-0.25, -0.2) is 9.78 Å². The minimum absolute atomic E-state index is 0.130. The van der Waals surface area contributed by atoms with Gasteiger partial charge >= 0.3 is 6.09 Å². The number of amides is 1. The van der Waals surface area contributed by atoms with Gasteiger partial charge in [-0.3, -0.25) is 9.98 Å². The van der Waals surface area contributed by atoms with Crippen molar-refractivity contribution in [3.8, 4) is 0 Å². The van der Waals surface area contributed by atoms with Crippen LogP contribution in [0, 0.1) is 0 Å². The predicted octanol–water partition coefficient (Wildman–Crippen LogP) is 4.45. The molecule has 2 aromatic rings. The van der Waals surface area contributed by atoms with Crippen molar-refractivity contribution in [1.82, 2.24) is 20.6 Å². The molecule has 6 N–H and O–H groups in total. The van der Waals surface area contributed by atoms with Gasteiger partial charge in [0.15, 0.2) is 0 Å². The van der Waals surface area contributed by atoms with Crippen LogP contribution in [0.1, 0.15) is 78.5 Å². The molecule has 1 unspecified atom stereocenters. The standard InChI is InChI=1S/C32H48N8O5.C3H8/c1-22-21-43-18-14-40(22)27-19-24(26(20-34)35-12-16-42-17-13-37-31(41)45-32(2,3)4)23-9-11-36-30(29(23)39-27)25(8-10-33)38-28-7-5-6-15-44-28;1-3-2/h8-11,19-20,22,28,35H,5-7,12-18,21,33-34H2,1-4H3,(H,37,41);3H2,1-2H3/b10-8-,26-20-,38-25-;/t22-,28?;/m1./s1. The van der Waals surface area contributed by atoms with Crippen LogP contribution in [0.15, 0.2) is 41.8 Å². The highest BCUT2D eigenvalue weighted by Gasteiger charge is 2.24. The van der Waals surface area contributed by atoms with Crippen molar-refractivity contribution in [1.29, 1.82) is 0 Å². The second-order valence-corrected chi connectivity index (χ2v) is 12.7. The summed E-state index contributed by atoms with van der Waals surface area (Å²) in [7, 11) is 0. The average molecular weight is 669 g/mol. The Kier molecular flexibility index (Phi) is 15.9. The molecular formula is C35H56N8O5. The summed E-state index contributed by atoms with van der Waals surface area (Å²) in [5.41, 5.74) is 15.0. The third-order valence-corrected chi connectivity index (χ3v) is 7.24. The van der Waals surface area contributed by atoms with Crippen LogP contribution in [0.2, 0.25) is 0 Å². The molecule has 2 fully saturated rings. The lowest BCUT2D eigenvalue weighted by Crippen LogP contribution is -2.44. The number of aromatic nitrogens is 2. The number of alkyl carbamates (subject to hydrolysis) is 1. The number of pyridine rings is 2. The fourth-order valence-electron chi connectivity index (χ4n) is 5.16. The van der Waals surface area contributed by atoms with Gasteiger partial charge in [0.25, 0.3) is 0 Å². The second-order valence-electron chi connectivity index (χ2n) is 12.7. The number of aliphatic imine (C=N–C) groups is 1. The molecule has 2 saturated heterocycles. The number of anilines is 1. The number of morpholine rings is 1. The predicted molar refractivity (Wildman–Crippen MR) is 192 cm³/mol. The van der Waals surface area contributed by atoms with E-state index >= 15 is 0 Å². The first kappa shape index (κ1) is 38.5. The fourth-order valence-corrected chi connectivity index (χ4v) is 5.16. The molecule has 2 aromatic heterocycles. The summed E-state index contributed by atoms with van der Waals surface area (Å²) >= 11 is 0. The first-order valence-electron chi connectivity index (χ1n) is 17.0. The number of rotatable bonds is 12. The number of hydrogen-bond donors (Lipinski definition) is 4. The van der Waals surface area contributed by atoms with Crippen molar-refractivity contribution in [2.24, 2.45) is 16.5 Å². The van der Waals surface area contributed by atoms with E-state index < -0.39 is 11.7 Å². The average Bonchev–Trinajstić information content (AvgIpc) is 3.05. The number of fused-ring (bicyclic) bond motifs is 1. The lowest BCUT2D eigenvalue weighted by atomic mass is 10.0. The third-order valence-electron chi connectivity index (χ3n) is 7.24. The summed E-state index contributed by atoms with van der Waals surface area (Å²) in [6.45, 7) is 16.0. The van der Waals surface area contributed by atoms with E-state index in [0.29, 0.717) is 69.6 Å². The Bertz CT molecular complexity index is 1390. The van der Waals surface area contributed by atoms with E-state index in [-0.39, 0.29) is 12.3 Å². The summed E-state index contributed by atoms with van der Waals surface area (Å²) in [6.07, 6.45) is 9.95. The number of hydrogen-bond acceptors (Lipinski definition) is 12. The Hall–Kier alpha value is -3.94. The van der Waals surface area contributed by atoms with E-state index in [2.05, 4.69) is 36.3 Å². The van der Waals surface area contributed by atoms with Gasteiger partial charge in [0.1, 0.15) is 28.9 Å². The Labute approximate surface area is 285 Å². The molecule has 0 aromatic carbocycles. The number of nitrogens with one attached hydrogen (secondary N) is 2. The molecule has 0 radical (unpaired) electrons. The van der Waals surface area contributed by atoms with Gasteiger partial charge < -0.3 is 45.9 Å². The highest BCUT2D eigenvalue weighted by molar-refractivity contribution is 6.15. The molecule has 0 spiro atoms. The normalized spacial score (nSPS) is 19.2. The van der Waals surface area contributed by atoms with Crippen LogP contribution in [0.25, 0.3) is 16.6 Å². The molecule has 13 nitrogen and oxygen atoms in total. The van der Waals surface area contributed by atoms with E-state index in [1.54, 1.807) is 18.5 Å². The number of carbonyl (C=O) groups is 1. The van der Waals surface area contributed by atoms with Gasteiger partial charge in [-0.15, -0.1) is 0 Å². The lowest BCUT2D eigenvalue weighted by molar-refractivity contribution is 0.0224. The van der Waals surface area contributed by atoms with Crippen LogP contribution in [0.5, 0.6) is 0 Å². The first-order chi connectivity index (χ1) is 23.1. The van der Waals surface area contributed by atoms with Crippen LogP contribution in [0.4, 0.5) is 10.6 Å². The maximum Gasteiger partial charge on any atom is 0.407 e. The van der Waals surface area contributed by atoms with E-state index in [0.717, 1.165) is 41.7 Å². The largest absolute Gasteiger partial charge is 0.444 e. The maximum absolute atomic E-state index is 11.8. The fraction of sp³-hybridized carbons (Fsp3) is 0.600. The summed E-state index contributed by atoms with van der Waals surface area (Å²) in [5, 5.41) is 6.96. The highest BCUT2D eigenvalue weighted by atomic mass is 16.6. The number of allylic oxidation sites excluding steroid dienone is 1. The summed E-state index contributed by atoms with van der Waals surface area (Å²) in [5.74, 6) is 0.790. The topological polar surface area (TPSA) is 171 Å². The van der Waals surface area contributed by atoms with Gasteiger partial charge in [0.2, 0.25) is 0 Å². The minimum atomic E-state index is -0.549. The molecule has 13 heteroatoms. The quantitative estimate of drug-likeness (QED) is 0.186. The molecule has 4 heterocycles. The summed E-state index contributed by atoms with van der Waals surface area (Å²) < 4.78 is 22.6. The van der Waals surface area contributed by atoms with Crippen LogP contribution >= 0.6 is 0 Å². The Morgan fingerprint density at radius 1 is 1.17 bits per heavy atom. The zero-order chi connectivity index (χ0) is 34.9. The van der Waals surface area contributed by atoms with E-state index in [9.17, 15) is 4.79 Å². The first-order valence-corrected chi connectivity index (χ1v) is 17.0. The van der Waals surface area contributed by atoms with Crippen molar-refractivity contribution >= 4 is 34.2 Å². The third kappa shape index (κ3) is 11.9. The SMILES string of the molecule is CCC.C[C@@H]1COCCN1c1cc(/C(=C/N)NCCOCCNC(=O)OC(C)(C)C)c2ccnc(C(/C=C\N)=N\C3CCCCO3)c2n1. The summed E-state index contributed by atoms with van der Waals surface area (Å²) in [6, 6.07) is 4.11. The zero-order valence-corrected chi connectivity index (χ0v) is 29.6. The maximum atomic E-state index is 11.8. The molecule has 2 aliphatic heterocycles. The second kappa shape index (κ2) is 19.8. The number of nitrogens with zero attached hydrogens (tertiary/aromatic N) is 4. The van der Waals surface area contributed by atoms with Crippen molar-refractivity contribution in [2.45, 2.75) is 85.1 Å². The van der Waals surface area contributed by atoms with Crippen LogP contribution in [0.3, 0.4) is 0 Å². The van der Waals surface area contributed by atoms with Gasteiger partial charge in [-0.1, -0.05) is 20.3 Å². The minimum Gasteiger partial charge on any atom is -0.444 e. The van der Waals surface area contributed by atoms with E-state index in [1.807, 2.05) is 32.9 Å². The van der Waals surface area contributed by atoms with Crippen molar-refractivity contribution < 1.29 is 23.7 Å². The molecular weight excluding hydrogens is 612 g/mol. The number of nitrogens with two attached hydrogens (primary N) is 2. The lowest BCUT2D eigenvalue weighted by Gasteiger charge is -2.34. The van der Waals surface area contributed by atoms with Gasteiger partial charge in [-0.2, -0.15) is 0 Å². The van der Waals surface area contributed by atoms with E-state index in [1.165, 1.54) is 12.6 Å². The molecule has 0 aliphatic carbocycles. The molecule has 0 bridgehead atoms. The number of carbonyl (C=O) groups excluding carboxylic acids is 1. The van der Waals surface area contributed by atoms with Crippen LogP contribution in [-0.4, -0.2) is 92.3 Å². The molecule has 1 amide bonds. The number of ether oxygens (including phenoxy) is 4. The Balaban J connectivity index is 0.00000201. The molecule has 4 rings (SSSR count). The van der Waals surface area contributed by atoms with Gasteiger partial charge in [0, 0.05) is 49.6 Å². The highest BCUT2D eigenvalue weighted by Crippen LogP contribution is 2.30. The van der Waals surface area contributed by atoms with Crippen LogP contribution < -0.4 is 27.0 Å². The molecule has 2 aliphatic rings. The van der Waals surface area contributed by atoms with Gasteiger partial charge in [-0.05, 0) is 71.4 Å². The molecule has 2 atom stereocenters. The monoisotopic (exact) mass is 668 g/mol. The van der Waals surface area contributed by atoms with Crippen LogP contribution in [-0.2, 0) is 18.9 Å². The van der Waals surface area contributed by atoms with Crippen molar-refractivity contribution in [3.63, 3.8) is 0 Å². The zero-order valence-electron chi connectivity index (χ0n) is 29.6. The Morgan fingerprint density at radius 2 is 1.92 bits per heavy atom. The molecule has 0 saturated carbocycles. The van der Waals surface area contributed by atoms with E-state index in [4.69, 9.17) is 45.4 Å². The molecule has 266 valence electrons. The van der Waals surface area contributed by atoms with Gasteiger partial charge in [0.05, 0.1) is 43.9 Å². The molecule has 48 heavy (non-hydrogen) atoms. The Morgan fingerprint density at radius 3 is 2.56 bits per heavy atom. The van der Waals surface area contributed by atoms with Crippen molar-refractivity contribution in [2.75, 3.05) is 57.6 Å². The smallest absolute Gasteiger partial charge is 0.407 e.